The van der Waals surface area contributed by atoms with Crippen LogP contribution in [0.4, 0.5) is 0 Å². The highest BCUT2D eigenvalue weighted by Gasteiger charge is 2.09. The van der Waals surface area contributed by atoms with Crippen LogP contribution in [0.15, 0.2) is 54.6 Å². The average molecular weight is 393 g/mol. The van der Waals surface area contributed by atoms with Gasteiger partial charge in [0.15, 0.2) is 0 Å². The largest absolute Gasteiger partial charge is 0.491 e. The molecule has 2 aromatic carbocycles. The Morgan fingerprint density at radius 1 is 1.00 bits per heavy atom. The molecule has 0 radical (unpaired) electrons. The molecule has 5 nitrogen and oxygen atoms in total. The van der Waals surface area contributed by atoms with Crippen LogP contribution < -0.4 is 15.8 Å². The van der Waals surface area contributed by atoms with Crippen molar-refractivity contribution in [3.8, 4) is 5.75 Å². The molecule has 0 fully saturated rings. The predicted octanol–water partition coefficient (Wildman–Crippen LogP) is 3.44. The lowest BCUT2D eigenvalue weighted by molar-refractivity contribution is -0.125. The Morgan fingerprint density at radius 3 is 2.26 bits per heavy atom. The number of benzene rings is 2. The molecule has 0 aliphatic carbocycles. The lowest BCUT2D eigenvalue weighted by Gasteiger charge is -2.15. The molecule has 1 atom stereocenters. The Morgan fingerprint density at radius 2 is 1.63 bits per heavy atom. The average Bonchev–Trinajstić information content (AvgIpc) is 2.66. The van der Waals surface area contributed by atoms with E-state index in [1.54, 1.807) is 0 Å². The minimum Gasteiger partial charge on any atom is -0.491 e. The van der Waals surface area contributed by atoms with Crippen molar-refractivity contribution in [1.29, 1.82) is 0 Å². The van der Waals surface area contributed by atoms with Crippen molar-refractivity contribution in [2.24, 2.45) is 5.73 Å². The zero-order chi connectivity index (χ0) is 18.8. The zero-order valence-electron chi connectivity index (χ0n) is 15.9. The van der Waals surface area contributed by atoms with E-state index in [-0.39, 0.29) is 31.0 Å². The SMILES string of the molecule is CC(C)c1ccc(C(N)CNC(=O)COCCOc2ccccc2)cc1.Cl. The first kappa shape index (κ1) is 23.0. The first-order valence-electron chi connectivity index (χ1n) is 8.94. The molecule has 27 heavy (non-hydrogen) atoms. The number of carbonyl (C=O) groups excluding carboxylic acids is 1. The van der Waals surface area contributed by atoms with Gasteiger partial charge in [-0.2, -0.15) is 0 Å². The fourth-order valence-corrected chi connectivity index (χ4v) is 2.42. The van der Waals surface area contributed by atoms with Gasteiger partial charge in [-0.05, 0) is 29.2 Å². The number of hydrogen-bond donors (Lipinski definition) is 2. The van der Waals surface area contributed by atoms with Gasteiger partial charge in [0.05, 0.1) is 6.61 Å². The summed E-state index contributed by atoms with van der Waals surface area (Å²) in [6.45, 7) is 5.44. The van der Waals surface area contributed by atoms with E-state index in [1.165, 1.54) is 5.56 Å². The van der Waals surface area contributed by atoms with E-state index in [1.807, 2.05) is 42.5 Å². The number of ether oxygens (including phenoxy) is 2. The maximum Gasteiger partial charge on any atom is 0.246 e. The lowest BCUT2D eigenvalue weighted by atomic mass is 9.99. The van der Waals surface area contributed by atoms with Gasteiger partial charge in [-0.25, -0.2) is 0 Å². The van der Waals surface area contributed by atoms with Crippen LogP contribution in [0.1, 0.15) is 36.9 Å². The van der Waals surface area contributed by atoms with Gasteiger partial charge in [0.1, 0.15) is 19.0 Å². The normalized spacial score (nSPS) is 11.6. The number of rotatable bonds is 10. The third-order valence-electron chi connectivity index (χ3n) is 4.02. The van der Waals surface area contributed by atoms with Crippen LogP contribution in [0.3, 0.4) is 0 Å². The second-order valence-corrected chi connectivity index (χ2v) is 6.45. The Kier molecular flexibility index (Phi) is 10.5. The van der Waals surface area contributed by atoms with E-state index >= 15 is 0 Å². The summed E-state index contributed by atoms with van der Waals surface area (Å²) in [5.74, 6) is 1.09. The Hall–Kier alpha value is -2.08. The van der Waals surface area contributed by atoms with Crippen LogP contribution in [0, 0.1) is 0 Å². The van der Waals surface area contributed by atoms with Gasteiger partial charge in [0.2, 0.25) is 5.91 Å². The van der Waals surface area contributed by atoms with Crippen LogP contribution in [0.5, 0.6) is 5.75 Å². The maximum absolute atomic E-state index is 11.8. The molecule has 0 aromatic heterocycles. The summed E-state index contributed by atoms with van der Waals surface area (Å²) < 4.78 is 10.8. The number of hydrogen-bond acceptors (Lipinski definition) is 4. The number of para-hydroxylation sites is 1. The molecule has 2 aromatic rings. The van der Waals surface area contributed by atoms with Crippen molar-refractivity contribution >= 4 is 18.3 Å². The molecule has 1 unspecified atom stereocenters. The summed E-state index contributed by atoms with van der Waals surface area (Å²) in [6, 6.07) is 17.5. The van der Waals surface area contributed by atoms with Crippen LogP contribution in [-0.2, 0) is 9.53 Å². The molecular formula is C21H29ClN2O3. The third-order valence-corrected chi connectivity index (χ3v) is 4.02. The van der Waals surface area contributed by atoms with E-state index in [4.69, 9.17) is 15.2 Å². The number of amides is 1. The van der Waals surface area contributed by atoms with Gasteiger partial charge in [0, 0.05) is 12.6 Å². The summed E-state index contributed by atoms with van der Waals surface area (Å²) in [6.07, 6.45) is 0. The highest BCUT2D eigenvalue weighted by Crippen LogP contribution is 2.17. The minimum atomic E-state index is -0.235. The second-order valence-electron chi connectivity index (χ2n) is 6.45. The van der Waals surface area contributed by atoms with Crippen molar-refractivity contribution in [1.82, 2.24) is 5.32 Å². The highest BCUT2D eigenvalue weighted by molar-refractivity contribution is 5.85. The first-order valence-corrected chi connectivity index (χ1v) is 8.94. The Labute approximate surface area is 167 Å². The highest BCUT2D eigenvalue weighted by atomic mass is 35.5. The molecule has 0 saturated heterocycles. The second kappa shape index (κ2) is 12.3. The number of nitrogens with two attached hydrogens (primary N) is 1. The van der Waals surface area contributed by atoms with Gasteiger partial charge < -0.3 is 20.5 Å². The van der Waals surface area contributed by atoms with Gasteiger partial charge in [-0.1, -0.05) is 56.3 Å². The molecule has 0 saturated carbocycles. The number of nitrogens with one attached hydrogen (secondary N) is 1. The van der Waals surface area contributed by atoms with E-state index in [0.717, 1.165) is 11.3 Å². The van der Waals surface area contributed by atoms with Crippen molar-refractivity contribution in [3.05, 3.63) is 65.7 Å². The predicted molar refractivity (Wildman–Crippen MR) is 110 cm³/mol. The molecule has 3 N–H and O–H groups in total. The molecule has 1 amide bonds. The van der Waals surface area contributed by atoms with Gasteiger partial charge in [0.25, 0.3) is 0 Å². The van der Waals surface area contributed by atoms with E-state index in [0.29, 0.717) is 25.7 Å². The summed E-state index contributed by atoms with van der Waals surface area (Å²) in [4.78, 5) is 11.8. The maximum atomic E-state index is 11.8. The van der Waals surface area contributed by atoms with Gasteiger partial charge in [-0.3, -0.25) is 4.79 Å². The van der Waals surface area contributed by atoms with Crippen molar-refractivity contribution in [3.63, 3.8) is 0 Å². The molecule has 0 aliphatic rings. The van der Waals surface area contributed by atoms with E-state index in [2.05, 4.69) is 31.3 Å². The molecule has 148 valence electrons. The monoisotopic (exact) mass is 392 g/mol. The number of halogens is 1. The van der Waals surface area contributed by atoms with Crippen LogP contribution in [0.25, 0.3) is 0 Å². The quantitative estimate of drug-likeness (QED) is 0.607. The third kappa shape index (κ3) is 8.43. The fraction of sp³-hybridized carbons (Fsp3) is 0.381. The topological polar surface area (TPSA) is 73.6 Å². The fourth-order valence-electron chi connectivity index (χ4n) is 2.42. The summed E-state index contributed by atoms with van der Waals surface area (Å²) in [5.41, 5.74) is 8.42. The molecule has 0 spiro atoms. The molecule has 0 heterocycles. The molecule has 6 heteroatoms. The van der Waals surface area contributed by atoms with Crippen molar-refractivity contribution in [2.45, 2.75) is 25.8 Å². The van der Waals surface area contributed by atoms with Gasteiger partial charge >= 0.3 is 0 Å². The van der Waals surface area contributed by atoms with E-state index < -0.39 is 0 Å². The molecule has 0 aliphatic heterocycles. The summed E-state index contributed by atoms with van der Waals surface area (Å²) >= 11 is 0. The lowest BCUT2D eigenvalue weighted by Crippen LogP contribution is -2.34. The number of carbonyl (C=O) groups is 1. The van der Waals surface area contributed by atoms with Crippen molar-refractivity contribution < 1.29 is 14.3 Å². The van der Waals surface area contributed by atoms with Crippen LogP contribution >= 0.6 is 12.4 Å². The van der Waals surface area contributed by atoms with Crippen molar-refractivity contribution in [2.75, 3.05) is 26.4 Å². The zero-order valence-corrected chi connectivity index (χ0v) is 16.7. The van der Waals surface area contributed by atoms with E-state index in [9.17, 15) is 4.79 Å². The summed E-state index contributed by atoms with van der Waals surface area (Å²) in [5, 5.41) is 2.80. The Bertz CT molecular complexity index is 663. The standard InChI is InChI=1S/C21H28N2O3.ClH/c1-16(2)17-8-10-18(11-9-17)20(22)14-23-21(24)15-25-12-13-26-19-6-4-3-5-7-19;/h3-11,16,20H,12-15,22H2,1-2H3,(H,23,24);1H. The summed E-state index contributed by atoms with van der Waals surface area (Å²) in [7, 11) is 0. The molecular weight excluding hydrogens is 364 g/mol. The first-order chi connectivity index (χ1) is 12.6. The smallest absolute Gasteiger partial charge is 0.246 e. The van der Waals surface area contributed by atoms with Crippen LogP contribution in [-0.4, -0.2) is 32.3 Å². The van der Waals surface area contributed by atoms with Crippen LogP contribution in [0.2, 0.25) is 0 Å². The molecule has 0 bridgehead atoms. The minimum absolute atomic E-state index is 0. The van der Waals surface area contributed by atoms with Gasteiger partial charge in [-0.15, -0.1) is 12.4 Å². The molecule has 2 rings (SSSR count). The Balaban J connectivity index is 0.00000364.